The van der Waals surface area contributed by atoms with Crippen LogP contribution in [0.3, 0.4) is 0 Å². The van der Waals surface area contributed by atoms with E-state index in [1.807, 2.05) is 36.4 Å². The summed E-state index contributed by atoms with van der Waals surface area (Å²) < 4.78 is 5.66. The number of hydrogen-bond donors (Lipinski definition) is 0. The van der Waals surface area contributed by atoms with Crippen molar-refractivity contribution in [3.63, 3.8) is 0 Å². The molecular weight excluding hydrogens is 254 g/mol. The van der Waals surface area contributed by atoms with Crippen LogP contribution in [0.4, 0.5) is 0 Å². The molecule has 2 aromatic rings. The van der Waals surface area contributed by atoms with Gasteiger partial charge in [0, 0.05) is 10.5 Å². The van der Waals surface area contributed by atoms with Crippen LogP contribution in [-0.2, 0) is 11.3 Å². The highest BCUT2D eigenvalue weighted by Crippen LogP contribution is 2.23. The summed E-state index contributed by atoms with van der Waals surface area (Å²) in [4.78, 5) is 11.0. The second-order valence-corrected chi connectivity index (χ2v) is 4.64. The van der Waals surface area contributed by atoms with Gasteiger partial charge < -0.3 is 4.74 Å². The fourth-order valence-corrected chi connectivity index (χ4v) is 2.11. The topological polar surface area (TPSA) is 52.4 Å². The minimum atomic E-state index is -0.847. The summed E-state index contributed by atoms with van der Waals surface area (Å²) in [6, 6.07) is 17.8. The lowest BCUT2D eigenvalue weighted by molar-refractivity contribution is -0.541. The monoisotopic (exact) mass is 271 g/mol. The number of benzene rings is 2. The molecule has 2 rings (SSSR count). The smallest absolute Gasteiger partial charge is 0.263 e. The Labute approximate surface area is 118 Å². The molecule has 0 amide bonds. The Hall–Kier alpha value is -2.20. The van der Waals surface area contributed by atoms with Crippen LogP contribution >= 0.6 is 0 Å². The van der Waals surface area contributed by atoms with Gasteiger partial charge >= 0.3 is 0 Å². The van der Waals surface area contributed by atoms with Gasteiger partial charge in [0.1, 0.15) is 6.10 Å². The van der Waals surface area contributed by atoms with Crippen molar-refractivity contribution < 1.29 is 9.66 Å². The third kappa shape index (κ3) is 3.65. The Kier molecular flexibility index (Phi) is 4.85. The van der Waals surface area contributed by atoms with Crippen molar-refractivity contribution in [3.05, 3.63) is 81.9 Å². The maximum Gasteiger partial charge on any atom is 0.263 e. The van der Waals surface area contributed by atoms with Crippen LogP contribution in [0, 0.1) is 10.1 Å². The van der Waals surface area contributed by atoms with Crippen molar-refractivity contribution >= 4 is 0 Å². The first-order valence-corrected chi connectivity index (χ1v) is 6.52. The molecule has 4 heteroatoms. The summed E-state index contributed by atoms with van der Waals surface area (Å²) >= 11 is 0. The summed E-state index contributed by atoms with van der Waals surface area (Å²) in [6.45, 7) is 2.11. The van der Waals surface area contributed by atoms with E-state index >= 15 is 0 Å². The normalized spacial score (nSPS) is 13.7. The third-order valence-corrected chi connectivity index (χ3v) is 3.17. The van der Waals surface area contributed by atoms with E-state index in [1.165, 1.54) is 0 Å². The molecule has 0 heterocycles. The lowest BCUT2D eigenvalue weighted by Gasteiger charge is -2.18. The molecular formula is C16H17NO3. The molecule has 0 aromatic heterocycles. The number of nitrogens with zero attached hydrogens (tertiary/aromatic N) is 1. The van der Waals surface area contributed by atoms with E-state index in [1.54, 1.807) is 31.2 Å². The summed E-state index contributed by atoms with van der Waals surface area (Å²) in [5.74, 6) is 0. The van der Waals surface area contributed by atoms with Crippen molar-refractivity contribution in [2.24, 2.45) is 0 Å². The Morgan fingerprint density at radius 3 is 2.15 bits per heavy atom. The van der Waals surface area contributed by atoms with Crippen molar-refractivity contribution in [2.75, 3.05) is 0 Å². The maximum absolute atomic E-state index is 11.3. The zero-order valence-electron chi connectivity index (χ0n) is 11.3. The van der Waals surface area contributed by atoms with Gasteiger partial charge in [-0.3, -0.25) is 10.1 Å². The molecule has 20 heavy (non-hydrogen) atoms. The Bertz CT molecular complexity index is 542. The van der Waals surface area contributed by atoms with E-state index in [0.717, 1.165) is 5.56 Å². The minimum Gasteiger partial charge on any atom is -0.366 e. The predicted molar refractivity (Wildman–Crippen MR) is 76.9 cm³/mol. The van der Waals surface area contributed by atoms with Crippen LogP contribution in [0.1, 0.15) is 24.1 Å². The van der Waals surface area contributed by atoms with Gasteiger partial charge in [-0.2, -0.15) is 0 Å². The predicted octanol–water partition coefficient (Wildman–Crippen LogP) is 3.61. The van der Waals surface area contributed by atoms with Crippen LogP contribution in [0.25, 0.3) is 0 Å². The maximum atomic E-state index is 11.3. The Balaban J connectivity index is 2.05. The quantitative estimate of drug-likeness (QED) is 0.595. The average molecular weight is 271 g/mol. The van der Waals surface area contributed by atoms with Crippen LogP contribution < -0.4 is 0 Å². The molecule has 104 valence electrons. The molecule has 0 saturated heterocycles. The van der Waals surface area contributed by atoms with E-state index < -0.39 is 12.1 Å². The molecule has 4 nitrogen and oxygen atoms in total. The molecule has 0 aliphatic heterocycles. The van der Waals surface area contributed by atoms with E-state index in [2.05, 4.69) is 0 Å². The highest BCUT2D eigenvalue weighted by Gasteiger charge is 2.30. The van der Waals surface area contributed by atoms with Crippen molar-refractivity contribution in [3.8, 4) is 0 Å². The standard InChI is InChI=1S/C16H17NO3/c1-13(20-12-14-8-4-2-5-9-14)16(17(18)19)15-10-6-3-7-11-15/h2-11,13,16H,12H2,1H3/t13-,16-/m1/s1. The molecule has 0 aliphatic rings. The van der Waals surface area contributed by atoms with Crippen LogP contribution in [0.5, 0.6) is 0 Å². The zero-order chi connectivity index (χ0) is 14.4. The van der Waals surface area contributed by atoms with Crippen molar-refractivity contribution in [2.45, 2.75) is 25.7 Å². The summed E-state index contributed by atoms with van der Waals surface area (Å²) in [5.41, 5.74) is 1.67. The Morgan fingerprint density at radius 1 is 1.05 bits per heavy atom. The molecule has 2 aromatic carbocycles. The van der Waals surface area contributed by atoms with Gasteiger partial charge in [-0.1, -0.05) is 60.7 Å². The fraction of sp³-hybridized carbons (Fsp3) is 0.250. The highest BCUT2D eigenvalue weighted by molar-refractivity contribution is 5.18. The number of nitro groups is 1. The zero-order valence-corrected chi connectivity index (χ0v) is 11.3. The van der Waals surface area contributed by atoms with Crippen LogP contribution in [0.2, 0.25) is 0 Å². The lowest BCUT2D eigenvalue weighted by Crippen LogP contribution is -2.25. The fourth-order valence-electron chi connectivity index (χ4n) is 2.11. The summed E-state index contributed by atoms with van der Waals surface area (Å²) in [5, 5.41) is 11.3. The van der Waals surface area contributed by atoms with Crippen molar-refractivity contribution in [1.29, 1.82) is 0 Å². The minimum absolute atomic E-state index is 0.287. The highest BCUT2D eigenvalue weighted by atomic mass is 16.6. The van der Waals surface area contributed by atoms with E-state index in [0.29, 0.717) is 12.2 Å². The van der Waals surface area contributed by atoms with Gasteiger partial charge in [-0.15, -0.1) is 0 Å². The van der Waals surface area contributed by atoms with Gasteiger partial charge in [0.05, 0.1) is 6.61 Å². The first-order chi connectivity index (χ1) is 9.68. The number of ether oxygens (including phenoxy) is 1. The van der Waals surface area contributed by atoms with Gasteiger partial charge in [0.15, 0.2) is 0 Å². The first-order valence-electron chi connectivity index (χ1n) is 6.52. The molecule has 0 radical (unpaired) electrons. The lowest BCUT2D eigenvalue weighted by atomic mass is 10.0. The molecule has 0 fully saturated rings. The summed E-state index contributed by atoms with van der Waals surface area (Å²) in [6.07, 6.45) is -0.493. The van der Waals surface area contributed by atoms with Gasteiger partial charge in [-0.25, -0.2) is 0 Å². The molecule has 2 atom stereocenters. The second kappa shape index (κ2) is 6.82. The number of hydrogen-bond acceptors (Lipinski definition) is 3. The second-order valence-electron chi connectivity index (χ2n) is 4.64. The average Bonchev–Trinajstić information content (AvgIpc) is 2.47. The molecule has 0 saturated carbocycles. The molecule has 0 unspecified atom stereocenters. The van der Waals surface area contributed by atoms with Crippen LogP contribution in [0.15, 0.2) is 60.7 Å². The molecule has 0 bridgehead atoms. The van der Waals surface area contributed by atoms with Crippen molar-refractivity contribution in [1.82, 2.24) is 0 Å². The van der Waals surface area contributed by atoms with Gasteiger partial charge in [0.25, 0.3) is 6.04 Å². The number of rotatable bonds is 6. The molecule has 0 aliphatic carbocycles. The van der Waals surface area contributed by atoms with Gasteiger partial charge in [-0.05, 0) is 12.5 Å². The van der Waals surface area contributed by atoms with E-state index in [4.69, 9.17) is 4.74 Å². The Morgan fingerprint density at radius 2 is 1.60 bits per heavy atom. The van der Waals surface area contributed by atoms with Crippen LogP contribution in [-0.4, -0.2) is 11.0 Å². The summed E-state index contributed by atoms with van der Waals surface area (Å²) in [7, 11) is 0. The third-order valence-electron chi connectivity index (χ3n) is 3.17. The largest absolute Gasteiger partial charge is 0.366 e. The van der Waals surface area contributed by atoms with E-state index in [9.17, 15) is 10.1 Å². The SMILES string of the molecule is C[C@@H](OCc1ccccc1)[C@H](c1ccccc1)[N+](=O)[O-]. The van der Waals surface area contributed by atoms with E-state index in [-0.39, 0.29) is 4.92 Å². The molecule has 0 spiro atoms. The first kappa shape index (κ1) is 14.2. The molecule has 0 N–H and O–H groups in total. The van der Waals surface area contributed by atoms with Gasteiger partial charge in [0.2, 0.25) is 0 Å².